The summed E-state index contributed by atoms with van der Waals surface area (Å²) in [7, 11) is 0. The second kappa shape index (κ2) is 8.42. The van der Waals surface area contributed by atoms with Crippen LogP contribution in [0.3, 0.4) is 0 Å². The average molecular weight is 421 g/mol. The summed E-state index contributed by atoms with van der Waals surface area (Å²) in [5.41, 5.74) is 4.02. The first-order valence-electron chi connectivity index (χ1n) is 10.0. The molecule has 2 atom stereocenters. The molecule has 2 unspecified atom stereocenters. The molecular formula is C25H23ClNO3+. The maximum Gasteiger partial charge on any atom is 0.320 e. The van der Waals surface area contributed by atoms with Crippen molar-refractivity contribution in [3.63, 3.8) is 0 Å². The highest BCUT2D eigenvalue weighted by molar-refractivity contribution is 6.33. The normalized spacial score (nSPS) is 20.4. The molecule has 1 aliphatic rings. The summed E-state index contributed by atoms with van der Waals surface area (Å²) in [5, 5.41) is 9.74. The van der Waals surface area contributed by atoms with Crippen LogP contribution in [0.5, 0.6) is 0 Å². The van der Waals surface area contributed by atoms with Crippen LogP contribution in [0.15, 0.2) is 78.9 Å². The van der Waals surface area contributed by atoms with E-state index in [2.05, 4.69) is 12.1 Å². The first kappa shape index (κ1) is 20.3. The van der Waals surface area contributed by atoms with Crippen molar-refractivity contribution in [2.45, 2.75) is 25.3 Å². The molecule has 30 heavy (non-hydrogen) atoms. The van der Waals surface area contributed by atoms with Gasteiger partial charge < -0.3 is 5.11 Å². The van der Waals surface area contributed by atoms with E-state index in [0.29, 0.717) is 18.0 Å². The lowest BCUT2D eigenvalue weighted by atomic mass is 9.84. The third-order valence-corrected chi connectivity index (χ3v) is 6.24. The molecule has 5 heteroatoms. The van der Waals surface area contributed by atoms with Crippen LogP contribution in [0.1, 0.15) is 35.6 Å². The molecule has 0 radical (unpaired) electrons. The Bertz CT molecular complexity index is 1080. The minimum atomic E-state index is -0.977. The topological polar surface area (TPSA) is 54.4 Å². The van der Waals surface area contributed by atoms with Crippen molar-refractivity contribution < 1.29 is 14.7 Å². The Balaban J connectivity index is 1.98. The quantitative estimate of drug-likeness (QED) is 0.563. The zero-order valence-electron chi connectivity index (χ0n) is 16.5. The number of hydrogen-bond acceptors (Lipinski definition) is 2. The van der Waals surface area contributed by atoms with Gasteiger partial charge in [-0.25, -0.2) is 9.28 Å². The van der Waals surface area contributed by atoms with E-state index in [-0.39, 0.29) is 29.3 Å². The van der Waals surface area contributed by atoms with Crippen molar-refractivity contribution in [3.8, 4) is 0 Å². The van der Waals surface area contributed by atoms with Gasteiger partial charge in [-0.3, -0.25) is 4.79 Å². The number of carbonyl (C=O) groups is 2. The minimum Gasteiger partial charge on any atom is -0.481 e. The molecule has 0 saturated heterocycles. The summed E-state index contributed by atoms with van der Waals surface area (Å²) in [4.78, 5) is 25.1. The van der Waals surface area contributed by atoms with E-state index >= 15 is 0 Å². The number of nitrogens with zero attached hydrogens (tertiary/aromatic N) is 1. The first-order chi connectivity index (χ1) is 14.5. The number of amides is 1. The van der Waals surface area contributed by atoms with Crippen molar-refractivity contribution in [1.82, 2.24) is 4.48 Å². The molecule has 1 heterocycles. The summed E-state index contributed by atoms with van der Waals surface area (Å²) in [6.07, 6.45) is 0.460. The molecule has 152 valence electrons. The van der Waals surface area contributed by atoms with Gasteiger partial charge in [0, 0.05) is 23.6 Å². The Morgan fingerprint density at radius 3 is 2.30 bits per heavy atom. The minimum absolute atomic E-state index is 0.00597. The van der Waals surface area contributed by atoms with Crippen LogP contribution in [-0.4, -0.2) is 23.5 Å². The molecule has 0 aliphatic carbocycles. The predicted molar refractivity (Wildman–Crippen MR) is 118 cm³/mol. The summed E-state index contributed by atoms with van der Waals surface area (Å²) in [6, 6.07) is 25.3. The third-order valence-electron chi connectivity index (χ3n) is 5.92. The molecule has 1 aliphatic heterocycles. The number of carboxylic acid groups (broad SMARTS) is 1. The van der Waals surface area contributed by atoms with Crippen LogP contribution in [0.4, 0.5) is 5.69 Å². The summed E-state index contributed by atoms with van der Waals surface area (Å²) < 4.78 is -0.00597. The zero-order valence-corrected chi connectivity index (χ0v) is 17.3. The molecule has 0 fully saturated rings. The van der Waals surface area contributed by atoms with Gasteiger partial charge in [0.1, 0.15) is 5.02 Å². The number of carboxylic acids is 1. The number of aliphatic carboxylic acids is 1. The second-order valence-electron chi connectivity index (χ2n) is 7.59. The number of para-hydroxylation sites is 1. The number of hydrogen-bond donors (Lipinski definition) is 1. The van der Waals surface area contributed by atoms with Crippen molar-refractivity contribution >= 4 is 29.2 Å². The number of rotatable bonds is 5. The largest absolute Gasteiger partial charge is 0.481 e. The van der Waals surface area contributed by atoms with E-state index in [1.807, 2.05) is 60.7 Å². The van der Waals surface area contributed by atoms with Gasteiger partial charge in [-0.05, 0) is 11.6 Å². The predicted octanol–water partition coefficient (Wildman–Crippen LogP) is 5.38. The van der Waals surface area contributed by atoms with Crippen LogP contribution in [0.25, 0.3) is 0 Å². The first-order valence-corrected chi connectivity index (χ1v) is 10.4. The number of carbonyl (C=O) groups excluding carboxylic acids is 1. The highest BCUT2D eigenvalue weighted by atomic mass is 35.5. The average Bonchev–Trinajstić information content (AvgIpc) is 2.77. The summed E-state index contributed by atoms with van der Waals surface area (Å²) in [5.74, 6) is -1.11. The van der Waals surface area contributed by atoms with Gasteiger partial charge >= 0.3 is 11.9 Å². The van der Waals surface area contributed by atoms with Crippen LogP contribution >= 0.6 is 11.6 Å². The van der Waals surface area contributed by atoms with E-state index in [4.69, 9.17) is 11.6 Å². The van der Waals surface area contributed by atoms with Crippen LogP contribution in [-0.2, 0) is 16.0 Å². The summed E-state index contributed by atoms with van der Waals surface area (Å²) in [6.45, 7) is 0.527. The van der Waals surface area contributed by atoms with Gasteiger partial charge in [0.25, 0.3) is 0 Å². The fourth-order valence-corrected chi connectivity index (χ4v) is 4.90. The molecule has 0 saturated carbocycles. The van der Waals surface area contributed by atoms with E-state index in [1.165, 1.54) is 5.56 Å². The van der Waals surface area contributed by atoms with Gasteiger partial charge in [-0.15, -0.1) is 0 Å². The fraction of sp³-hybridized carbons (Fsp3) is 0.200. The van der Waals surface area contributed by atoms with Gasteiger partial charge in [0.15, 0.2) is 11.7 Å². The van der Waals surface area contributed by atoms with E-state index in [0.717, 1.165) is 16.8 Å². The Labute approximate surface area is 180 Å². The molecule has 4 nitrogen and oxygen atoms in total. The van der Waals surface area contributed by atoms with Crippen LogP contribution in [0.2, 0.25) is 5.02 Å². The highest BCUT2D eigenvalue weighted by Gasteiger charge is 2.51. The van der Waals surface area contributed by atoms with E-state index in [9.17, 15) is 14.7 Å². The number of quaternary nitrogens is 1. The van der Waals surface area contributed by atoms with Gasteiger partial charge in [-0.1, -0.05) is 78.3 Å². The standard InChI is InChI=1S/C25H22ClNO3/c26-21-12-6-7-13-22(21)27(23(28)14-15-24(29)30)17-16-18-8-4-5-11-20(18)25(27)19-9-2-1-3-10-19/h1-13,25H,14-17H2/p+1. The van der Waals surface area contributed by atoms with Gasteiger partial charge in [0.2, 0.25) is 0 Å². The maximum absolute atomic E-state index is 13.8. The molecule has 0 spiro atoms. The Morgan fingerprint density at radius 1 is 0.900 bits per heavy atom. The van der Waals surface area contributed by atoms with Crippen molar-refractivity contribution in [2.75, 3.05) is 6.54 Å². The second-order valence-corrected chi connectivity index (χ2v) is 8.00. The molecule has 4 rings (SSSR count). The maximum atomic E-state index is 13.8. The molecule has 3 aromatic rings. The van der Waals surface area contributed by atoms with E-state index < -0.39 is 5.97 Å². The summed E-state index contributed by atoms with van der Waals surface area (Å²) >= 11 is 6.65. The molecule has 1 amide bonds. The molecule has 1 N–H and O–H groups in total. The zero-order chi connectivity index (χ0) is 21.1. The van der Waals surface area contributed by atoms with Crippen LogP contribution in [0, 0.1) is 0 Å². The Kier molecular flexibility index (Phi) is 5.71. The van der Waals surface area contributed by atoms with Gasteiger partial charge in [0.05, 0.1) is 19.4 Å². The Morgan fingerprint density at radius 2 is 1.57 bits per heavy atom. The SMILES string of the molecule is O=C(O)CCC(=O)[N+]1(c2ccccc2Cl)CCc2ccccc2C1c1ccccc1. The molecule has 3 aromatic carbocycles. The van der Waals surface area contributed by atoms with Crippen molar-refractivity contribution in [3.05, 3.63) is 101 Å². The molecular weight excluding hydrogens is 398 g/mol. The third kappa shape index (κ3) is 3.53. The smallest absolute Gasteiger partial charge is 0.320 e. The monoisotopic (exact) mass is 420 g/mol. The lowest BCUT2D eigenvalue weighted by Crippen LogP contribution is -2.60. The number of halogens is 1. The Hall–Kier alpha value is -2.95. The van der Waals surface area contributed by atoms with Gasteiger partial charge in [-0.2, -0.15) is 0 Å². The van der Waals surface area contributed by atoms with Crippen LogP contribution < -0.4 is 4.48 Å². The van der Waals surface area contributed by atoms with E-state index in [1.54, 1.807) is 6.07 Å². The lowest BCUT2D eigenvalue weighted by Gasteiger charge is -2.46. The highest BCUT2D eigenvalue weighted by Crippen LogP contribution is 2.47. The lowest BCUT2D eigenvalue weighted by molar-refractivity contribution is -0.141. The number of fused-ring (bicyclic) bond motifs is 1. The number of benzene rings is 3. The molecule has 0 bridgehead atoms. The fourth-order valence-electron chi connectivity index (χ4n) is 4.61. The van der Waals surface area contributed by atoms with Crippen molar-refractivity contribution in [1.29, 1.82) is 0 Å². The van der Waals surface area contributed by atoms with Crippen molar-refractivity contribution in [2.24, 2.45) is 0 Å². The molecule has 0 aromatic heterocycles.